The molecule has 0 N–H and O–H groups in total. The Bertz CT molecular complexity index is 412. The van der Waals surface area contributed by atoms with E-state index in [1.807, 2.05) is 0 Å². The first-order chi connectivity index (χ1) is 7.09. The van der Waals surface area contributed by atoms with Gasteiger partial charge in [-0.1, -0.05) is 27.5 Å². The Balaban J connectivity index is 2.34. The van der Waals surface area contributed by atoms with Crippen LogP contribution in [-0.4, -0.2) is 17.3 Å². The fraction of sp³-hybridized carbons (Fsp3) is 0.300. The van der Waals surface area contributed by atoms with Crippen LogP contribution in [0.3, 0.4) is 0 Å². The summed E-state index contributed by atoms with van der Waals surface area (Å²) in [6, 6.07) is 4.04. The zero-order valence-electron chi connectivity index (χ0n) is 7.71. The van der Waals surface area contributed by atoms with Crippen molar-refractivity contribution in [3.8, 4) is 0 Å². The van der Waals surface area contributed by atoms with E-state index < -0.39 is 5.82 Å². The Hall–Kier alpha value is -0.610. The molecule has 15 heavy (non-hydrogen) atoms. The van der Waals surface area contributed by atoms with Gasteiger partial charge < -0.3 is 4.90 Å². The maximum Gasteiger partial charge on any atom is 0.240 e. The van der Waals surface area contributed by atoms with Crippen molar-refractivity contribution in [1.29, 1.82) is 0 Å². The number of hydrogen-bond donors (Lipinski definition) is 0. The monoisotopic (exact) mass is 291 g/mol. The Morgan fingerprint density at radius 3 is 2.80 bits per heavy atom. The molecule has 80 valence electrons. The van der Waals surface area contributed by atoms with E-state index >= 15 is 0 Å². The number of anilines is 1. The molecule has 1 saturated heterocycles. The molecule has 0 bridgehead atoms. The number of amides is 1. The summed E-state index contributed by atoms with van der Waals surface area (Å²) in [4.78, 5) is 13.1. The molecule has 1 aliphatic rings. The number of benzene rings is 1. The van der Waals surface area contributed by atoms with Crippen LogP contribution in [-0.2, 0) is 4.79 Å². The molecular weight excluding hydrogens is 284 g/mol. The van der Waals surface area contributed by atoms with Crippen LogP contribution in [0, 0.1) is 5.82 Å². The van der Waals surface area contributed by atoms with Gasteiger partial charge in [0, 0.05) is 6.54 Å². The zero-order chi connectivity index (χ0) is 11.0. The van der Waals surface area contributed by atoms with Crippen LogP contribution in [0.5, 0.6) is 0 Å². The summed E-state index contributed by atoms with van der Waals surface area (Å²) >= 11 is 9.15. The second-order valence-electron chi connectivity index (χ2n) is 3.34. The van der Waals surface area contributed by atoms with E-state index in [9.17, 15) is 9.18 Å². The van der Waals surface area contributed by atoms with Crippen molar-refractivity contribution in [3.63, 3.8) is 0 Å². The van der Waals surface area contributed by atoms with Gasteiger partial charge in [-0.05, 0) is 24.6 Å². The quantitative estimate of drug-likeness (QED) is 0.729. The number of carbonyl (C=O) groups excluding carboxylic acids is 1. The number of alkyl halides is 1. The predicted molar refractivity (Wildman–Crippen MR) is 61.1 cm³/mol. The van der Waals surface area contributed by atoms with E-state index in [4.69, 9.17) is 11.6 Å². The molecule has 1 aliphatic heterocycles. The predicted octanol–water partition coefficient (Wildman–Crippen LogP) is 2.98. The third-order valence-corrected chi connectivity index (χ3v) is 3.49. The highest BCUT2D eigenvalue weighted by Crippen LogP contribution is 2.31. The molecule has 5 heteroatoms. The molecule has 1 fully saturated rings. The molecule has 2 rings (SSSR count). The molecule has 0 aromatic heterocycles. The lowest BCUT2D eigenvalue weighted by molar-refractivity contribution is -0.116. The molecule has 1 amide bonds. The molecule has 1 heterocycles. The van der Waals surface area contributed by atoms with Crippen molar-refractivity contribution in [2.45, 2.75) is 11.2 Å². The lowest BCUT2D eigenvalue weighted by Crippen LogP contribution is -2.27. The average Bonchev–Trinajstić information content (AvgIpc) is 2.49. The molecule has 1 unspecified atom stereocenters. The van der Waals surface area contributed by atoms with Gasteiger partial charge in [0.25, 0.3) is 0 Å². The molecule has 0 radical (unpaired) electrons. The third-order valence-electron chi connectivity index (χ3n) is 2.34. The van der Waals surface area contributed by atoms with Crippen molar-refractivity contribution in [2.24, 2.45) is 0 Å². The van der Waals surface area contributed by atoms with Crippen LogP contribution >= 0.6 is 27.5 Å². The number of nitrogens with zero attached hydrogens (tertiary/aromatic N) is 1. The fourth-order valence-corrected chi connectivity index (χ4v) is 2.31. The van der Waals surface area contributed by atoms with Crippen molar-refractivity contribution in [3.05, 3.63) is 29.0 Å². The zero-order valence-corrected chi connectivity index (χ0v) is 10.1. The van der Waals surface area contributed by atoms with Crippen molar-refractivity contribution < 1.29 is 9.18 Å². The maximum absolute atomic E-state index is 12.8. The van der Waals surface area contributed by atoms with Gasteiger partial charge in [-0.15, -0.1) is 0 Å². The standard InChI is InChI=1S/C10H8BrClFNO/c11-7-3-4-14(10(7)15)9-2-1-6(13)5-8(9)12/h1-2,5,7H,3-4H2. The molecule has 1 atom stereocenters. The van der Waals surface area contributed by atoms with Gasteiger partial charge >= 0.3 is 0 Å². The van der Waals surface area contributed by atoms with Crippen LogP contribution < -0.4 is 4.90 Å². The summed E-state index contributed by atoms with van der Waals surface area (Å²) in [7, 11) is 0. The van der Waals surface area contributed by atoms with E-state index in [0.717, 1.165) is 6.42 Å². The molecule has 0 aliphatic carbocycles. The van der Waals surface area contributed by atoms with Crippen molar-refractivity contribution >= 4 is 39.1 Å². The first-order valence-corrected chi connectivity index (χ1v) is 5.79. The lowest BCUT2D eigenvalue weighted by atomic mass is 10.3. The first kappa shape index (κ1) is 10.9. The highest BCUT2D eigenvalue weighted by molar-refractivity contribution is 9.10. The smallest absolute Gasteiger partial charge is 0.240 e. The minimum absolute atomic E-state index is 0.0245. The first-order valence-electron chi connectivity index (χ1n) is 4.50. The normalized spacial score (nSPS) is 21.1. The topological polar surface area (TPSA) is 20.3 Å². The minimum atomic E-state index is -0.397. The number of rotatable bonds is 1. The van der Waals surface area contributed by atoms with Gasteiger partial charge in [0.1, 0.15) is 5.82 Å². The molecule has 0 spiro atoms. The van der Waals surface area contributed by atoms with E-state index in [1.54, 1.807) is 4.90 Å². The second kappa shape index (κ2) is 4.10. The van der Waals surface area contributed by atoms with Gasteiger partial charge in [-0.3, -0.25) is 4.79 Å². The number of halogens is 3. The molecule has 0 saturated carbocycles. The molecule has 1 aromatic carbocycles. The summed E-state index contributed by atoms with van der Waals surface area (Å²) in [5, 5.41) is 0.268. The van der Waals surface area contributed by atoms with Crippen molar-refractivity contribution in [1.82, 2.24) is 0 Å². The Kier molecular flexibility index (Phi) is 2.98. The van der Waals surface area contributed by atoms with Gasteiger partial charge in [0.2, 0.25) is 5.91 Å². The summed E-state index contributed by atoms with van der Waals surface area (Å²) < 4.78 is 12.8. The molecule has 2 nitrogen and oxygen atoms in total. The Morgan fingerprint density at radius 1 is 1.53 bits per heavy atom. The molecule has 1 aromatic rings. The van der Waals surface area contributed by atoms with Gasteiger partial charge in [0.15, 0.2) is 0 Å². The van der Waals surface area contributed by atoms with Crippen LogP contribution in [0.15, 0.2) is 18.2 Å². The summed E-state index contributed by atoms with van der Waals surface area (Å²) in [6.45, 7) is 0.611. The minimum Gasteiger partial charge on any atom is -0.310 e. The maximum atomic E-state index is 12.8. The number of carbonyl (C=O) groups is 1. The van der Waals surface area contributed by atoms with Crippen molar-refractivity contribution in [2.75, 3.05) is 11.4 Å². The van der Waals surface area contributed by atoms with Gasteiger partial charge in [-0.2, -0.15) is 0 Å². The summed E-state index contributed by atoms with van der Waals surface area (Å²) in [6.07, 6.45) is 0.743. The summed E-state index contributed by atoms with van der Waals surface area (Å²) in [5.74, 6) is -0.422. The van der Waals surface area contributed by atoms with E-state index in [-0.39, 0.29) is 15.8 Å². The van der Waals surface area contributed by atoms with Crippen LogP contribution in [0.25, 0.3) is 0 Å². The average molecular weight is 293 g/mol. The van der Waals surface area contributed by atoms with Crippen LogP contribution in [0.2, 0.25) is 5.02 Å². The highest BCUT2D eigenvalue weighted by Gasteiger charge is 2.31. The van der Waals surface area contributed by atoms with E-state index in [0.29, 0.717) is 12.2 Å². The van der Waals surface area contributed by atoms with Crippen LogP contribution in [0.1, 0.15) is 6.42 Å². The van der Waals surface area contributed by atoms with Gasteiger partial charge in [0.05, 0.1) is 15.5 Å². The SMILES string of the molecule is O=C1C(Br)CCN1c1ccc(F)cc1Cl. The summed E-state index contributed by atoms with van der Waals surface area (Å²) in [5.41, 5.74) is 0.574. The second-order valence-corrected chi connectivity index (χ2v) is 4.85. The van der Waals surface area contributed by atoms with Gasteiger partial charge in [-0.25, -0.2) is 4.39 Å². The molecular formula is C10H8BrClFNO. The Morgan fingerprint density at radius 2 is 2.27 bits per heavy atom. The lowest BCUT2D eigenvalue weighted by Gasteiger charge is -2.17. The third kappa shape index (κ3) is 2.01. The van der Waals surface area contributed by atoms with Crippen LogP contribution in [0.4, 0.5) is 10.1 Å². The highest BCUT2D eigenvalue weighted by atomic mass is 79.9. The number of hydrogen-bond acceptors (Lipinski definition) is 1. The van der Waals surface area contributed by atoms with E-state index in [1.165, 1.54) is 18.2 Å². The largest absolute Gasteiger partial charge is 0.310 e. The fourth-order valence-electron chi connectivity index (χ4n) is 1.58. The Labute approximate surface area is 100 Å². The van der Waals surface area contributed by atoms with E-state index in [2.05, 4.69) is 15.9 Å².